The van der Waals surface area contributed by atoms with E-state index in [1.165, 1.54) is 18.3 Å². The third-order valence-corrected chi connectivity index (χ3v) is 6.14. The topological polar surface area (TPSA) is 118 Å². The van der Waals surface area contributed by atoms with E-state index in [-0.39, 0.29) is 6.61 Å². The molecule has 0 heterocycles. The van der Waals surface area contributed by atoms with E-state index in [1.807, 2.05) is 22.6 Å². The van der Waals surface area contributed by atoms with Crippen molar-refractivity contribution in [2.45, 2.75) is 6.92 Å². The van der Waals surface area contributed by atoms with Crippen LogP contribution in [0.5, 0.6) is 11.5 Å². The third-order valence-electron chi connectivity index (χ3n) is 4.55. The van der Waals surface area contributed by atoms with Crippen molar-refractivity contribution in [2.75, 3.05) is 23.8 Å². The molecule has 0 aliphatic carbocycles. The van der Waals surface area contributed by atoms with E-state index < -0.39 is 17.7 Å². The van der Waals surface area contributed by atoms with E-state index in [4.69, 9.17) is 44.3 Å². The number of hydrogen-bond acceptors (Lipinski definition) is 6. The fraction of sp³-hybridized carbons (Fsp3) is 0.120. The summed E-state index contributed by atoms with van der Waals surface area (Å²) in [4.78, 5) is 36.5. The van der Waals surface area contributed by atoms with Gasteiger partial charge in [0.05, 0.1) is 27.1 Å². The molecule has 0 spiro atoms. The van der Waals surface area contributed by atoms with E-state index in [0.717, 1.165) is 0 Å². The Hall–Kier alpha value is -3.06. The lowest BCUT2D eigenvalue weighted by molar-refractivity contribution is -0.136. The molecule has 0 aliphatic rings. The van der Waals surface area contributed by atoms with E-state index in [2.05, 4.69) is 21.2 Å². The average molecular weight is 690 g/mol. The van der Waals surface area contributed by atoms with Gasteiger partial charge in [0, 0.05) is 15.7 Å². The van der Waals surface area contributed by atoms with Crippen LogP contribution in [0.4, 0.5) is 11.4 Å². The molecule has 3 N–H and O–H groups in total. The van der Waals surface area contributed by atoms with Gasteiger partial charge in [0.2, 0.25) is 0 Å². The first kappa shape index (κ1) is 29.5. The number of carbonyl (C=O) groups excluding carboxylic acids is 3. The van der Waals surface area contributed by atoms with E-state index in [0.29, 0.717) is 53.7 Å². The zero-order valence-corrected chi connectivity index (χ0v) is 24.1. The van der Waals surface area contributed by atoms with Gasteiger partial charge in [-0.2, -0.15) is 5.10 Å². The van der Waals surface area contributed by atoms with Gasteiger partial charge in [-0.15, -0.1) is 0 Å². The predicted molar refractivity (Wildman–Crippen MR) is 157 cm³/mol. The molecule has 0 radical (unpaired) electrons. The summed E-state index contributed by atoms with van der Waals surface area (Å²) in [7, 11) is 0. The SMILES string of the molecule is CCOc1cc(/C=N\NC(=O)C(=O)Nc2cccc(Cl)c2)cc(I)c1OCC(=O)Nc1ccc(Cl)cc1Cl. The zero-order chi connectivity index (χ0) is 27.7. The average Bonchev–Trinajstić information content (AvgIpc) is 2.85. The van der Waals surface area contributed by atoms with Gasteiger partial charge < -0.3 is 20.1 Å². The molecule has 198 valence electrons. The van der Waals surface area contributed by atoms with Gasteiger partial charge >= 0.3 is 11.8 Å². The van der Waals surface area contributed by atoms with Crippen molar-refractivity contribution in [3.8, 4) is 11.5 Å². The van der Waals surface area contributed by atoms with E-state index >= 15 is 0 Å². The Balaban J connectivity index is 1.62. The van der Waals surface area contributed by atoms with Gasteiger partial charge in [-0.3, -0.25) is 14.4 Å². The molecule has 38 heavy (non-hydrogen) atoms. The van der Waals surface area contributed by atoms with Crippen molar-refractivity contribution in [3.63, 3.8) is 0 Å². The van der Waals surface area contributed by atoms with Crippen LogP contribution in [0.2, 0.25) is 15.1 Å². The molecule has 13 heteroatoms. The van der Waals surface area contributed by atoms with Crippen LogP contribution >= 0.6 is 57.4 Å². The van der Waals surface area contributed by atoms with Gasteiger partial charge in [-0.05, 0) is 83.6 Å². The summed E-state index contributed by atoms with van der Waals surface area (Å²) in [6, 6.07) is 14.4. The lowest BCUT2D eigenvalue weighted by Crippen LogP contribution is -2.32. The summed E-state index contributed by atoms with van der Waals surface area (Å²) >= 11 is 19.9. The Kier molecular flexibility index (Phi) is 11.0. The molecule has 3 rings (SSSR count). The number of benzene rings is 3. The fourth-order valence-corrected chi connectivity index (χ4v) is 4.38. The van der Waals surface area contributed by atoms with Crippen LogP contribution in [-0.4, -0.2) is 37.1 Å². The van der Waals surface area contributed by atoms with Crippen LogP contribution in [0.25, 0.3) is 0 Å². The third kappa shape index (κ3) is 8.76. The lowest BCUT2D eigenvalue weighted by Gasteiger charge is -2.15. The smallest absolute Gasteiger partial charge is 0.329 e. The zero-order valence-electron chi connectivity index (χ0n) is 19.7. The van der Waals surface area contributed by atoms with Crippen molar-refractivity contribution < 1.29 is 23.9 Å². The van der Waals surface area contributed by atoms with E-state index in [1.54, 1.807) is 49.4 Å². The largest absolute Gasteiger partial charge is 0.490 e. The Morgan fingerprint density at radius 2 is 1.71 bits per heavy atom. The molecule has 0 aliphatic heterocycles. The number of ether oxygens (including phenoxy) is 2. The highest BCUT2D eigenvalue weighted by Gasteiger charge is 2.16. The Morgan fingerprint density at radius 1 is 0.947 bits per heavy atom. The van der Waals surface area contributed by atoms with Crippen LogP contribution < -0.4 is 25.5 Å². The normalized spacial score (nSPS) is 10.7. The lowest BCUT2D eigenvalue weighted by atomic mass is 10.2. The Morgan fingerprint density at radius 3 is 2.42 bits per heavy atom. The monoisotopic (exact) mass is 688 g/mol. The standard InChI is InChI=1S/C25H20Cl3IN4O5/c1-2-37-21-9-14(12-30-33-25(36)24(35)31-17-5-3-4-15(26)10-17)8-19(29)23(21)38-13-22(34)32-20-7-6-16(27)11-18(20)28/h3-12H,2,13H2,1H3,(H,31,35)(H,32,34)(H,33,36)/b30-12-. The first-order chi connectivity index (χ1) is 18.2. The molecule has 3 aromatic rings. The number of carbonyl (C=O) groups is 3. The van der Waals surface area contributed by atoms with Crippen molar-refractivity contribution in [2.24, 2.45) is 5.10 Å². The van der Waals surface area contributed by atoms with Gasteiger partial charge in [0.15, 0.2) is 18.1 Å². The highest BCUT2D eigenvalue weighted by Crippen LogP contribution is 2.34. The maximum absolute atomic E-state index is 12.4. The number of rotatable bonds is 9. The second-order valence-electron chi connectivity index (χ2n) is 7.39. The number of nitrogens with one attached hydrogen (secondary N) is 3. The quantitative estimate of drug-likeness (QED) is 0.114. The first-order valence-corrected chi connectivity index (χ1v) is 13.1. The van der Waals surface area contributed by atoms with Gasteiger partial charge in [0.25, 0.3) is 5.91 Å². The summed E-state index contributed by atoms with van der Waals surface area (Å²) in [5, 5.41) is 10.1. The Labute approximate surface area is 246 Å². The number of hydrogen-bond donors (Lipinski definition) is 3. The molecule has 0 atom stereocenters. The van der Waals surface area contributed by atoms with Crippen molar-refractivity contribution in [3.05, 3.63) is 78.8 Å². The van der Waals surface area contributed by atoms with Crippen molar-refractivity contribution in [1.82, 2.24) is 5.43 Å². The van der Waals surface area contributed by atoms with E-state index in [9.17, 15) is 14.4 Å². The molecule has 0 unspecified atom stereocenters. The number of halogens is 4. The molecule has 0 aromatic heterocycles. The summed E-state index contributed by atoms with van der Waals surface area (Å²) in [5.74, 6) is -1.59. The summed E-state index contributed by atoms with van der Waals surface area (Å²) in [5.41, 5.74) is 3.49. The highest BCUT2D eigenvalue weighted by atomic mass is 127. The second-order valence-corrected chi connectivity index (χ2v) is 9.83. The Bertz CT molecular complexity index is 1390. The van der Waals surface area contributed by atoms with Crippen LogP contribution in [0.1, 0.15) is 12.5 Å². The van der Waals surface area contributed by atoms with Crippen molar-refractivity contribution >= 4 is 92.7 Å². The highest BCUT2D eigenvalue weighted by molar-refractivity contribution is 14.1. The van der Waals surface area contributed by atoms with Crippen molar-refractivity contribution in [1.29, 1.82) is 0 Å². The number of nitrogens with zero attached hydrogens (tertiary/aromatic N) is 1. The second kappa shape index (κ2) is 14.2. The van der Waals surface area contributed by atoms with Crippen LogP contribution in [0.3, 0.4) is 0 Å². The van der Waals surface area contributed by atoms with Crippen LogP contribution in [-0.2, 0) is 14.4 Å². The summed E-state index contributed by atoms with van der Waals surface area (Å²) < 4.78 is 12.0. The van der Waals surface area contributed by atoms with Crippen LogP contribution in [0, 0.1) is 3.57 Å². The predicted octanol–water partition coefficient (Wildman–Crippen LogP) is 5.76. The molecule has 9 nitrogen and oxygen atoms in total. The molecule has 3 aromatic carbocycles. The summed E-state index contributed by atoms with van der Waals surface area (Å²) in [6.07, 6.45) is 1.34. The minimum absolute atomic E-state index is 0.299. The van der Waals surface area contributed by atoms with Gasteiger partial charge in [0.1, 0.15) is 0 Å². The molecule has 0 saturated carbocycles. The van der Waals surface area contributed by atoms with Crippen LogP contribution in [0.15, 0.2) is 59.7 Å². The number of hydrazone groups is 1. The maximum Gasteiger partial charge on any atom is 0.329 e. The fourth-order valence-electron chi connectivity index (χ4n) is 2.95. The van der Waals surface area contributed by atoms with Gasteiger partial charge in [-0.1, -0.05) is 40.9 Å². The maximum atomic E-state index is 12.4. The number of amides is 3. The molecular formula is C25H20Cl3IN4O5. The minimum atomic E-state index is -0.965. The van der Waals surface area contributed by atoms with Gasteiger partial charge in [-0.25, -0.2) is 5.43 Å². The molecule has 0 saturated heterocycles. The number of anilines is 2. The minimum Gasteiger partial charge on any atom is -0.490 e. The first-order valence-electron chi connectivity index (χ1n) is 10.9. The molecule has 0 bridgehead atoms. The molecular weight excluding hydrogens is 670 g/mol. The molecule has 0 fully saturated rings. The molecule has 3 amide bonds. The summed E-state index contributed by atoms with van der Waals surface area (Å²) in [6.45, 7) is 1.83.